The smallest absolute Gasteiger partial charge is 0.169 e. The van der Waals surface area contributed by atoms with E-state index in [1.807, 2.05) is 26.2 Å². The van der Waals surface area contributed by atoms with E-state index in [1.54, 1.807) is 11.0 Å². The van der Waals surface area contributed by atoms with Crippen LogP contribution in [0.15, 0.2) is 23.1 Å². The van der Waals surface area contributed by atoms with Gasteiger partial charge >= 0.3 is 0 Å². The molecule has 0 bridgehead atoms. The van der Waals surface area contributed by atoms with Crippen molar-refractivity contribution in [1.29, 1.82) is 0 Å². The largest absolute Gasteiger partial charge is 0.362 e. The van der Waals surface area contributed by atoms with Crippen molar-refractivity contribution < 1.29 is 0 Å². The maximum atomic E-state index is 4.28. The summed E-state index contributed by atoms with van der Waals surface area (Å²) < 4.78 is 2.62. The van der Waals surface area contributed by atoms with E-state index in [4.69, 9.17) is 0 Å². The zero-order chi connectivity index (χ0) is 11.5. The lowest BCUT2D eigenvalue weighted by molar-refractivity contribution is 0.747. The van der Waals surface area contributed by atoms with Crippen molar-refractivity contribution in [3.05, 3.63) is 34.5 Å². The normalized spacial score (nSPS) is 10.4. The van der Waals surface area contributed by atoms with Crippen LogP contribution in [0.2, 0.25) is 0 Å². The molecule has 2 heterocycles. The number of anilines is 1. The van der Waals surface area contributed by atoms with Crippen LogP contribution < -0.4 is 5.32 Å². The molecular formula is C10H12BrN5. The van der Waals surface area contributed by atoms with Crippen LogP contribution in [0.3, 0.4) is 0 Å². The maximum Gasteiger partial charge on any atom is 0.169 e. The minimum atomic E-state index is 0.565. The predicted octanol–water partition coefficient (Wildman–Crippen LogP) is 1.89. The van der Waals surface area contributed by atoms with Gasteiger partial charge in [-0.05, 0) is 34.5 Å². The minimum Gasteiger partial charge on any atom is -0.362 e. The van der Waals surface area contributed by atoms with Crippen molar-refractivity contribution in [2.24, 2.45) is 7.05 Å². The van der Waals surface area contributed by atoms with Crippen LogP contribution in [0.4, 0.5) is 5.82 Å². The van der Waals surface area contributed by atoms with Gasteiger partial charge < -0.3 is 5.32 Å². The first-order chi connectivity index (χ1) is 7.65. The number of nitrogens with zero attached hydrogens (tertiary/aromatic N) is 4. The maximum absolute atomic E-state index is 4.28. The highest BCUT2D eigenvalue weighted by Crippen LogP contribution is 2.20. The van der Waals surface area contributed by atoms with Gasteiger partial charge in [-0.15, -0.1) is 0 Å². The number of pyridine rings is 1. The number of hydrogen-bond donors (Lipinski definition) is 1. The molecule has 2 rings (SSSR count). The topological polar surface area (TPSA) is 55.6 Å². The number of rotatable bonds is 3. The van der Waals surface area contributed by atoms with E-state index in [-0.39, 0.29) is 0 Å². The Kier molecular flexibility index (Phi) is 3.19. The Labute approximate surface area is 102 Å². The summed E-state index contributed by atoms with van der Waals surface area (Å²) in [5.74, 6) is 1.55. The zero-order valence-corrected chi connectivity index (χ0v) is 10.7. The summed E-state index contributed by atoms with van der Waals surface area (Å²) in [5.41, 5.74) is 1.12. The minimum absolute atomic E-state index is 0.565. The van der Waals surface area contributed by atoms with E-state index >= 15 is 0 Å². The average Bonchev–Trinajstić information content (AvgIpc) is 2.63. The summed E-state index contributed by atoms with van der Waals surface area (Å²) in [7, 11) is 1.84. The highest BCUT2D eigenvalue weighted by Gasteiger charge is 2.03. The fraction of sp³-hybridized carbons (Fsp3) is 0.300. The van der Waals surface area contributed by atoms with Crippen molar-refractivity contribution in [3.8, 4) is 0 Å². The predicted molar refractivity (Wildman–Crippen MR) is 65.0 cm³/mol. The molecule has 0 aliphatic carbocycles. The SMILES string of the molecule is Cc1cnc(NCc2ncn(C)n2)c(Br)c1. The van der Waals surface area contributed by atoms with Gasteiger partial charge in [-0.1, -0.05) is 0 Å². The molecule has 0 aromatic carbocycles. The zero-order valence-electron chi connectivity index (χ0n) is 9.11. The lowest BCUT2D eigenvalue weighted by atomic mass is 10.3. The van der Waals surface area contributed by atoms with Gasteiger partial charge in [0.15, 0.2) is 5.82 Å². The summed E-state index contributed by atoms with van der Waals surface area (Å²) >= 11 is 3.45. The van der Waals surface area contributed by atoms with Gasteiger partial charge in [-0.25, -0.2) is 9.97 Å². The molecule has 0 saturated heterocycles. The molecule has 0 fully saturated rings. The first kappa shape index (κ1) is 11.1. The molecule has 16 heavy (non-hydrogen) atoms. The molecule has 0 aliphatic rings. The van der Waals surface area contributed by atoms with Crippen LogP contribution in [0, 0.1) is 6.92 Å². The van der Waals surface area contributed by atoms with Crippen LogP contribution in [-0.2, 0) is 13.6 Å². The molecule has 0 saturated carbocycles. The second-order valence-electron chi connectivity index (χ2n) is 3.53. The van der Waals surface area contributed by atoms with Crippen molar-refractivity contribution in [3.63, 3.8) is 0 Å². The molecule has 0 atom stereocenters. The molecule has 0 spiro atoms. The summed E-state index contributed by atoms with van der Waals surface area (Å²) in [5, 5.41) is 7.35. The van der Waals surface area contributed by atoms with Crippen molar-refractivity contribution in [1.82, 2.24) is 19.7 Å². The summed E-state index contributed by atoms with van der Waals surface area (Å²) in [6.07, 6.45) is 3.49. The Morgan fingerprint density at radius 2 is 2.25 bits per heavy atom. The number of hydrogen-bond acceptors (Lipinski definition) is 4. The second-order valence-corrected chi connectivity index (χ2v) is 4.39. The van der Waals surface area contributed by atoms with Gasteiger partial charge in [0.2, 0.25) is 0 Å². The molecule has 5 nitrogen and oxygen atoms in total. The highest BCUT2D eigenvalue weighted by molar-refractivity contribution is 9.10. The molecule has 6 heteroatoms. The van der Waals surface area contributed by atoms with Crippen molar-refractivity contribution >= 4 is 21.7 Å². The standard InChI is InChI=1S/C10H12BrN5/c1-7-3-8(11)10(12-4-7)13-5-9-14-6-16(2)15-9/h3-4,6H,5H2,1-2H3,(H,12,13). The Morgan fingerprint density at radius 1 is 1.44 bits per heavy atom. The molecule has 0 aliphatic heterocycles. The molecule has 0 unspecified atom stereocenters. The Morgan fingerprint density at radius 3 is 2.88 bits per heavy atom. The third-order valence-electron chi connectivity index (χ3n) is 2.04. The second kappa shape index (κ2) is 4.61. The van der Waals surface area contributed by atoms with E-state index in [0.29, 0.717) is 6.54 Å². The van der Waals surface area contributed by atoms with E-state index in [0.717, 1.165) is 21.7 Å². The molecule has 2 aromatic heterocycles. The number of halogens is 1. The molecule has 0 radical (unpaired) electrons. The van der Waals surface area contributed by atoms with Gasteiger partial charge in [0.25, 0.3) is 0 Å². The van der Waals surface area contributed by atoms with Crippen LogP contribution in [0.25, 0.3) is 0 Å². The van der Waals surface area contributed by atoms with E-state index in [1.165, 1.54) is 0 Å². The van der Waals surface area contributed by atoms with Crippen molar-refractivity contribution in [2.75, 3.05) is 5.32 Å². The quantitative estimate of drug-likeness (QED) is 0.934. The van der Waals surface area contributed by atoms with E-state index in [2.05, 4.69) is 36.3 Å². The summed E-state index contributed by atoms with van der Waals surface area (Å²) in [4.78, 5) is 8.40. The molecule has 0 amide bonds. The van der Waals surface area contributed by atoms with E-state index in [9.17, 15) is 0 Å². The number of aryl methyl sites for hydroxylation is 2. The van der Waals surface area contributed by atoms with Crippen molar-refractivity contribution in [2.45, 2.75) is 13.5 Å². The molecular weight excluding hydrogens is 270 g/mol. The summed E-state index contributed by atoms with van der Waals surface area (Å²) in [6, 6.07) is 2.02. The molecule has 1 N–H and O–H groups in total. The first-order valence-corrected chi connectivity index (χ1v) is 5.65. The Bertz CT molecular complexity index is 494. The Hall–Kier alpha value is -1.43. The summed E-state index contributed by atoms with van der Waals surface area (Å²) in [6.45, 7) is 2.57. The first-order valence-electron chi connectivity index (χ1n) is 4.85. The average molecular weight is 282 g/mol. The lowest BCUT2D eigenvalue weighted by Crippen LogP contribution is -2.04. The fourth-order valence-electron chi connectivity index (χ4n) is 1.29. The molecule has 2 aromatic rings. The van der Waals surface area contributed by atoms with Crippen LogP contribution in [-0.4, -0.2) is 19.7 Å². The van der Waals surface area contributed by atoms with Gasteiger partial charge in [-0.3, -0.25) is 4.68 Å². The van der Waals surface area contributed by atoms with Gasteiger partial charge in [0, 0.05) is 13.2 Å². The fourth-order valence-corrected chi connectivity index (χ4v) is 1.89. The third kappa shape index (κ3) is 2.57. The third-order valence-corrected chi connectivity index (χ3v) is 2.64. The van der Waals surface area contributed by atoms with Gasteiger partial charge in [0.1, 0.15) is 12.1 Å². The number of nitrogens with one attached hydrogen (secondary N) is 1. The van der Waals surface area contributed by atoms with Gasteiger partial charge in [-0.2, -0.15) is 5.10 Å². The lowest BCUT2D eigenvalue weighted by Gasteiger charge is -2.05. The monoisotopic (exact) mass is 281 g/mol. The highest BCUT2D eigenvalue weighted by atomic mass is 79.9. The number of aromatic nitrogens is 4. The molecule has 84 valence electrons. The van der Waals surface area contributed by atoms with Crippen LogP contribution in [0.5, 0.6) is 0 Å². The van der Waals surface area contributed by atoms with Crippen LogP contribution in [0.1, 0.15) is 11.4 Å². The Balaban J connectivity index is 2.04. The van der Waals surface area contributed by atoms with Gasteiger partial charge in [0.05, 0.1) is 11.0 Å². The van der Waals surface area contributed by atoms with Crippen LogP contribution >= 0.6 is 15.9 Å². The van der Waals surface area contributed by atoms with E-state index < -0.39 is 0 Å².